The Balaban J connectivity index is 1.57. The molecule has 1 heterocycles. The van der Waals surface area contributed by atoms with Crippen molar-refractivity contribution < 1.29 is 4.79 Å². The van der Waals surface area contributed by atoms with Gasteiger partial charge in [0.05, 0.1) is 0 Å². The van der Waals surface area contributed by atoms with Crippen molar-refractivity contribution in [1.82, 2.24) is 10.6 Å². The van der Waals surface area contributed by atoms with Gasteiger partial charge in [-0.3, -0.25) is 4.79 Å². The Kier molecular flexibility index (Phi) is 7.95. The van der Waals surface area contributed by atoms with Gasteiger partial charge in [0.2, 0.25) is 5.91 Å². The Morgan fingerprint density at radius 2 is 2.00 bits per heavy atom. The zero-order valence-electron chi connectivity index (χ0n) is 14.4. The van der Waals surface area contributed by atoms with Crippen molar-refractivity contribution in [3.8, 4) is 0 Å². The predicted molar refractivity (Wildman–Crippen MR) is 96.8 cm³/mol. The second-order valence-corrected chi connectivity index (χ2v) is 6.35. The molecule has 2 N–H and O–H groups in total. The Morgan fingerprint density at radius 3 is 2.70 bits per heavy atom. The van der Waals surface area contributed by atoms with Gasteiger partial charge in [-0.05, 0) is 63.7 Å². The van der Waals surface area contributed by atoms with E-state index in [0.29, 0.717) is 6.42 Å². The summed E-state index contributed by atoms with van der Waals surface area (Å²) in [4.78, 5) is 14.3. The van der Waals surface area contributed by atoms with Crippen molar-refractivity contribution in [2.24, 2.45) is 5.92 Å². The van der Waals surface area contributed by atoms with E-state index < -0.39 is 0 Å². The normalized spacial score (nSPS) is 15.3. The molecule has 0 radical (unpaired) electrons. The molecule has 0 saturated carbocycles. The first-order valence-electron chi connectivity index (χ1n) is 9.07. The molecule has 1 fully saturated rings. The molecule has 0 bridgehead atoms. The standard InChI is InChI=1S/C19H31N3O/c1-2-22(18-7-4-3-5-8-18)16-6-13-21-19(23)10-9-17-11-14-20-15-12-17/h3-5,7-8,17,20H,2,6,9-16H2,1H3,(H,21,23). The Bertz CT molecular complexity index is 443. The minimum atomic E-state index is 0.214. The maximum atomic E-state index is 11.9. The lowest BCUT2D eigenvalue weighted by Gasteiger charge is -2.23. The van der Waals surface area contributed by atoms with E-state index in [9.17, 15) is 4.79 Å². The fraction of sp³-hybridized carbons (Fsp3) is 0.632. The Labute approximate surface area is 140 Å². The molecule has 1 saturated heterocycles. The molecule has 0 spiro atoms. The SMILES string of the molecule is CCN(CCCNC(=O)CCC1CCNCC1)c1ccccc1. The maximum Gasteiger partial charge on any atom is 0.220 e. The number of nitrogens with zero attached hydrogens (tertiary/aromatic N) is 1. The van der Waals surface area contributed by atoms with Gasteiger partial charge in [0.25, 0.3) is 0 Å². The van der Waals surface area contributed by atoms with Gasteiger partial charge in [-0.1, -0.05) is 18.2 Å². The highest BCUT2D eigenvalue weighted by Crippen LogP contribution is 2.17. The monoisotopic (exact) mass is 317 g/mol. The van der Waals surface area contributed by atoms with Crippen LogP contribution in [0.4, 0.5) is 5.69 Å². The zero-order chi connectivity index (χ0) is 16.3. The number of piperidine rings is 1. The summed E-state index contributed by atoms with van der Waals surface area (Å²) in [5.74, 6) is 0.946. The largest absolute Gasteiger partial charge is 0.372 e. The van der Waals surface area contributed by atoms with Gasteiger partial charge in [0, 0.05) is 31.7 Å². The highest BCUT2D eigenvalue weighted by Gasteiger charge is 2.14. The van der Waals surface area contributed by atoms with Crippen LogP contribution in [0.15, 0.2) is 30.3 Å². The van der Waals surface area contributed by atoms with Crippen molar-refractivity contribution in [2.45, 2.75) is 39.0 Å². The van der Waals surface area contributed by atoms with E-state index in [2.05, 4.69) is 46.7 Å². The van der Waals surface area contributed by atoms with Crippen molar-refractivity contribution >= 4 is 11.6 Å². The van der Waals surface area contributed by atoms with Gasteiger partial charge >= 0.3 is 0 Å². The van der Waals surface area contributed by atoms with Crippen molar-refractivity contribution in [2.75, 3.05) is 37.6 Å². The molecular formula is C19H31N3O. The summed E-state index contributed by atoms with van der Waals surface area (Å²) >= 11 is 0. The molecule has 0 aliphatic carbocycles. The summed E-state index contributed by atoms with van der Waals surface area (Å²) in [7, 11) is 0. The van der Waals surface area contributed by atoms with E-state index in [1.807, 2.05) is 6.07 Å². The lowest BCUT2D eigenvalue weighted by Crippen LogP contribution is -2.31. The molecule has 4 heteroatoms. The van der Waals surface area contributed by atoms with E-state index in [4.69, 9.17) is 0 Å². The lowest BCUT2D eigenvalue weighted by atomic mass is 9.93. The van der Waals surface area contributed by atoms with Crippen LogP contribution < -0.4 is 15.5 Å². The van der Waals surface area contributed by atoms with Crippen LogP contribution >= 0.6 is 0 Å². The molecule has 0 unspecified atom stereocenters. The summed E-state index contributed by atoms with van der Waals surface area (Å²) in [6, 6.07) is 10.5. The predicted octanol–water partition coefficient (Wildman–Crippen LogP) is 2.80. The van der Waals surface area contributed by atoms with Crippen LogP contribution in [-0.2, 0) is 4.79 Å². The van der Waals surface area contributed by atoms with E-state index in [1.54, 1.807) is 0 Å². The average Bonchev–Trinajstić information content (AvgIpc) is 2.61. The average molecular weight is 317 g/mol. The minimum absolute atomic E-state index is 0.214. The van der Waals surface area contributed by atoms with Gasteiger partial charge in [-0.2, -0.15) is 0 Å². The topological polar surface area (TPSA) is 44.4 Å². The summed E-state index contributed by atoms with van der Waals surface area (Å²) in [6.07, 6.45) is 5.15. The number of anilines is 1. The van der Waals surface area contributed by atoms with Crippen LogP contribution in [0.5, 0.6) is 0 Å². The van der Waals surface area contributed by atoms with Crippen LogP contribution in [0, 0.1) is 5.92 Å². The van der Waals surface area contributed by atoms with Crippen molar-refractivity contribution in [3.63, 3.8) is 0 Å². The molecule has 1 aromatic carbocycles. The summed E-state index contributed by atoms with van der Waals surface area (Å²) in [5.41, 5.74) is 1.26. The van der Waals surface area contributed by atoms with Crippen LogP contribution in [0.2, 0.25) is 0 Å². The van der Waals surface area contributed by atoms with Gasteiger partial charge in [-0.15, -0.1) is 0 Å². The zero-order valence-corrected chi connectivity index (χ0v) is 14.4. The number of nitrogens with one attached hydrogen (secondary N) is 2. The smallest absolute Gasteiger partial charge is 0.220 e. The summed E-state index contributed by atoms with van der Waals surface area (Å²) < 4.78 is 0. The number of amides is 1. The maximum absolute atomic E-state index is 11.9. The quantitative estimate of drug-likeness (QED) is 0.688. The number of hydrogen-bond acceptors (Lipinski definition) is 3. The molecule has 0 aromatic heterocycles. The number of carbonyl (C=O) groups excluding carboxylic acids is 1. The Morgan fingerprint density at radius 1 is 1.26 bits per heavy atom. The lowest BCUT2D eigenvalue weighted by molar-refractivity contribution is -0.121. The molecular weight excluding hydrogens is 286 g/mol. The highest BCUT2D eigenvalue weighted by atomic mass is 16.1. The molecule has 4 nitrogen and oxygen atoms in total. The third-order valence-corrected chi connectivity index (χ3v) is 4.67. The van der Waals surface area contributed by atoms with Crippen LogP contribution in [0.3, 0.4) is 0 Å². The van der Waals surface area contributed by atoms with Gasteiger partial charge in [-0.25, -0.2) is 0 Å². The first kappa shape index (κ1) is 17.8. The number of rotatable bonds is 9. The van der Waals surface area contributed by atoms with Crippen LogP contribution in [0.1, 0.15) is 39.0 Å². The molecule has 1 aromatic rings. The number of hydrogen-bond donors (Lipinski definition) is 2. The summed E-state index contributed by atoms with van der Waals surface area (Å²) in [6.45, 7) is 7.14. The molecule has 1 amide bonds. The molecule has 1 aliphatic heterocycles. The van der Waals surface area contributed by atoms with Crippen LogP contribution in [0.25, 0.3) is 0 Å². The molecule has 23 heavy (non-hydrogen) atoms. The molecule has 128 valence electrons. The minimum Gasteiger partial charge on any atom is -0.372 e. The molecule has 1 aliphatic rings. The number of benzene rings is 1. The third-order valence-electron chi connectivity index (χ3n) is 4.67. The third kappa shape index (κ3) is 6.61. The molecule has 0 atom stereocenters. The number of carbonyl (C=O) groups is 1. The van der Waals surface area contributed by atoms with Gasteiger partial charge in [0.1, 0.15) is 0 Å². The molecule has 2 rings (SSSR count). The van der Waals surface area contributed by atoms with E-state index in [0.717, 1.165) is 51.5 Å². The first-order valence-corrected chi connectivity index (χ1v) is 9.07. The fourth-order valence-electron chi connectivity index (χ4n) is 3.20. The second kappa shape index (κ2) is 10.3. The number of para-hydroxylation sites is 1. The Hall–Kier alpha value is -1.55. The fourth-order valence-corrected chi connectivity index (χ4v) is 3.20. The summed E-state index contributed by atoms with van der Waals surface area (Å²) in [5, 5.41) is 6.44. The van der Waals surface area contributed by atoms with E-state index in [1.165, 1.54) is 18.5 Å². The van der Waals surface area contributed by atoms with Gasteiger partial charge in [0.15, 0.2) is 0 Å². The van der Waals surface area contributed by atoms with E-state index >= 15 is 0 Å². The van der Waals surface area contributed by atoms with E-state index in [-0.39, 0.29) is 5.91 Å². The second-order valence-electron chi connectivity index (χ2n) is 6.35. The first-order chi connectivity index (χ1) is 11.3. The van der Waals surface area contributed by atoms with Crippen molar-refractivity contribution in [1.29, 1.82) is 0 Å². The van der Waals surface area contributed by atoms with Gasteiger partial charge < -0.3 is 15.5 Å². The van der Waals surface area contributed by atoms with Crippen LogP contribution in [-0.4, -0.2) is 38.6 Å². The van der Waals surface area contributed by atoms with Crippen molar-refractivity contribution in [3.05, 3.63) is 30.3 Å². The highest BCUT2D eigenvalue weighted by molar-refractivity contribution is 5.75.